The zero-order valence-electron chi connectivity index (χ0n) is 9.09. The molecule has 0 amide bonds. The standard InChI is InChI=1S/C14H15.Ti/c1-10-11-6-2-4-8-13(11)14-9-5-3-7-12(10)14;/h2,4,6-8,10H,3,5,9H2,1H3;/q-1;+2. The topological polar surface area (TPSA) is 0 Å². The molecule has 0 spiro atoms. The monoisotopic (exact) mass is 231 g/mol. The van der Waals surface area contributed by atoms with Crippen molar-refractivity contribution in [1.29, 1.82) is 0 Å². The second kappa shape index (κ2) is 4.19. The summed E-state index contributed by atoms with van der Waals surface area (Å²) in [6.07, 6.45) is 6.34. The zero-order chi connectivity index (χ0) is 9.54. The Labute approximate surface area is 107 Å². The molecule has 0 aromatic heterocycles. The number of fused-ring (bicyclic) bond motifs is 2. The molecule has 74 valence electrons. The van der Waals surface area contributed by atoms with Crippen LogP contribution >= 0.6 is 0 Å². The molecule has 1 aromatic carbocycles. The summed E-state index contributed by atoms with van der Waals surface area (Å²) in [5.74, 6) is 0.640. The third-order valence-electron chi connectivity index (χ3n) is 3.56. The minimum absolute atomic E-state index is 0. The Bertz CT molecular complexity index is 404. The summed E-state index contributed by atoms with van der Waals surface area (Å²) in [6, 6.07) is 8.89. The van der Waals surface area contributed by atoms with Crippen LogP contribution in [0.1, 0.15) is 43.2 Å². The van der Waals surface area contributed by atoms with Crippen LogP contribution in [0.5, 0.6) is 0 Å². The van der Waals surface area contributed by atoms with Gasteiger partial charge >= 0.3 is 21.7 Å². The van der Waals surface area contributed by atoms with Crippen molar-refractivity contribution in [2.75, 3.05) is 0 Å². The van der Waals surface area contributed by atoms with Gasteiger partial charge in [0.1, 0.15) is 0 Å². The molecular weight excluding hydrogens is 216 g/mol. The van der Waals surface area contributed by atoms with Crippen molar-refractivity contribution in [3.05, 3.63) is 47.4 Å². The fourth-order valence-corrected chi connectivity index (χ4v) is 2.85. The molecule has 1 aromatic rings. The molecule has 15 heavy (non-hydrogen) atoms. The quantitative estimate of drug-likeness (QED) is 0.468. The normalized spacial score (nSPS) is 22.6. The summed E-state index contributed by atoms with van der Waals surface area (Å²) in [5.41, 5.74) is 6.29. The van der Waals surface area contributed by atoms with Crippen molar-refractivity contribution in [1.82, 2.24) is 0 Å². The molecule has 0 nitrogen and oxygen atoms in total. The molecule has 0 heterocycles. The van der Waals surface area contributed by atoms with Gasteiger partial charge in [0.05, 0.1) is 0 Å². The van der Waals surface area contributed by atoms with E-state index in [9.17, 15) is 0 Å². The van der Waals surface area contributed by atoms with Crippen molar-refractivity contribution >= 4 is 5.57 Å². The van der Waals surface area contributed by atoms with Crippen LogP contribution in [0.4, 0.5) is 0 Å². The second-order valence-electron chi connectivity index (χ2n) is 4.34. The predicted molar refractivity (Wildman–Crippen MR) is 59.9 cm³/mol. The molecule has 0 fully saturated rings. The van der Waals surface area contributed by atoms with Crippen LogP contribution < -0.4 is 0 Å². The summed E-state index contributed by atoms with van der Waals surface area (Å²) < 4.78 is 0. The fourth-order valence-electron chi connectivity index (χ4n) is 2.85. The van der Waals surface area contributed by atoms with Crippen LogP contribution in [0.3, 0.4) is 0 Å². The number of rotatable bonds is 0. The van der Waals surface area contributed by atoms with Gasteiger partial charge in [-0.3, -0.25) is 0 Å². The average molecular weight is 231 g/mol. The van der Waals surface area contributed by atoms with Crippen LogP contribution in [-0.4, -0.2) is 0 Å². The van der Waals surface area contributed by atoms with E-state index < -0.39 is 0 Å². The van der Waals surface area contributed by atoms with Crippen molar-refractivity contribution in [2.45, 2.75) is 32.1 Å². The van der Waals surface area contributed by atoms with Gasteiger partial charge in [-0.1, -0.05) is 55.2 Å². The Hall–Kier alpha value is -0.456. The van der Waals surface area contributed by atoms with Gasteiger partial charge in [0.15, 0.2) is 0 Å². The molecule has 0 radical (unpaired) electrons. The SMILES string of the molecule is CC1C2=C(CCC[CH-]2)c2ccccc21.[Ti+2]. The Morgan fingerprint density at radius 3 is 2.93 bits per heavy atom. The van der Waals surface area contributed by atoms with Crippen LogP contribution in [0.2, 0.25) is 0 Å². The minimum atomic E-state index is 0. The zero-order valence-corrected chi connectivity index (χ0v) is 10.6. The Balaban J connectivity index is 0.000000853. The molecule has 2 aliphatic rings. The Morgan fingerprint density at radius 1 is 1.27 bits per heavy atom. The Kier molecular flexibility index (Phi) is 3.09. The van der Waals surface area contributed by atoms with E-state index in [4.69, 9.17) is 0 Å². The van der Waals surface area contributed by atoms with E-state index in [1.807, 2.05) is 0 Å². The Morgan fingerprint density at radius 2 is 2.07 bits per heavy atom. The average Bonchev–Trinajstić information content (AvgIpc) is 2.55. The van der Waals surface area contributed by atoms with Gasteiger partial charge in [-0.25, -0.2) is 12.0 Å². The van der Waals surface area contributed by atoms with Gasteiger partial charge in [-0.05, 0) is 5.92 Å². The third-order valence-corrected chi connectivity index (χ3v) is 3.56. The van der Waals surface area contributed by atoms with Gasteiger partial charge in [0.25, 0.3) is 0 Å². The van der Waals surface area contributed by atoms with E-state index in [1.165, 1.54) is 30.4 Å². The molecule has 1 heteroatoms. The molecule has 0 N–H and O–H groups in total. The van der Waals surface area contributed by atoms with Crippen molar-refractivity contribution in [2.24, 2.45) is 0 Å². The van der Waals surface area contributed by atoms with Gasteiger partial charge in [0, 0.05) is 0 Å². The van der Waals surface area contributed by atoms with E-state index in [1.54, 1.807) is 11.1 Å². The van der Waals surface area contributed by atoms with Crippen LogP contribution in [0.25, 0.3) is 5.57 Å². The first-order chi connectivity index (χ1) is 6.88. The fraction of sp³-hybridized carbons (Fsp3) is 0.357. The molecule has 0 aliphatic heterocycles. The van der Waals surface area contributed by atoms with E-state index in [0.29, 0.717) is 5.92 Å². The minimum Gasteiger partial charge on any atom is -0.226 e. The van der Waals surface area contributed by atoms with E-state index in [0.717, 1.165) is 0 Å². The maximum absolute atomic E-state index is 2.45. The second-order valence-corrected chi connectivity index (χ2v) is 4.34. The molecule has 1 unspecified atom stereocenters. The van der Waals surface area contributed by atoms with Crippen LogP contribution in [0.15, 0.2) is 29.8 Å². The smallest absolute Gasteiger partial charge is 0.226 e. The van der Waals surface area contributed by atoms with E-state index >= 15 is 0 Å². The third kappa shape index (κ3) is 1.60. The molecule has 3 rings (SSSR count). The summed E-state index contributed by atoms with van der Waals surface area (Å²) in [7, 11) is 0. The molecule has 0 bridgehead atoms. The molecule has 2 aliphatic carbocycles. The largest absolute Gasteiger partial charge is 2.00 e. The summed E-state index contributed by atoms with van der Waals surface area (Å²) in [6.45, 7) is 2.34. The van der Waals surface area contributed by atoms with Gasteiger partial charge in [-0.2, -0.15) is 5.57 Å². The number of hydrogen-bond acceptors (Lipinski definition) is 0. The van der Waals surface area contributed by atoms with Crippen molar-refractivity contribution in [3.8, 4) is 0 Å². The van der Waals surface area contributed by atoms with Crippen molar-refractivity contribution in [3.63, 3.8) is 0 Å². The van der Waals surface area contributed by atoms with Crippen molar-refractivity contribution < 1.29 is 21.7 Å². The number of hydrogen-bond donors (Lipinski definition) is 0. The van der Waals surface area contributed by atoms with E-state index in [-0.39, 0.29) is 21.7 Å². The summed E-state index contributed by atoms with van der Waals surface area (Å²) >= 11 is 0. The molecule has 1 atom stereocenters. The molecule has 0 saturated carbocycles. The van der Waals surface area contributed by atoms with Crippen LogP contribution in [-0.2, 0) is 21.7 Å². The molecular formula is C14H15Ti+. The maximum Gasteiger partial charge on any atom is 2.00 e. The number of benzene rings is 1. The first-order valence-corrected chi connectivity index (χ1v) is 5.53. The summed E-state index contributed by atoms with van der Waals surface area (Å²) in [4.78, 5) is 0. The van der Waals surface area contributed by atoms with Gasteiger partial charge < -0.3 is 0 Å². The van der Waals surface area contributed by atoms with E-state index in [2.05, 4.69) is 37.6 Å². The van der Waals surface area contributed by atoms with Gasteiger partial charge in [0.2, 0.25) is 0 Å². The number of allylic oxidation sites excluding steroid dienone is 2. The molecule has 0 saturated heterocycles. The van der Waals surface area contributed by atoms with Gasteiger partial charge in [-0.15, -0.1) is 6.42 Å². The predicted octanol–water partition coefficient (Wildman–Crippen LogP) is 3.94. The first-order valence-electron chi connectivity index (χ1n) is 5.53. The summed E-state index contributed by atoms with van der Waals surface area (Å²) in [5, 5.41) is 0. The maximum atomic E-state index is 2.45. The first kappa shape index (κ1) is 11.0. The van der Waals surface area contributed by atoms with Crippen LogP contribution in [0, 0.1) is 6.42 Å².